The largest absolute Gasteiger partial charge is 0.494 e. The van der Waals surface area contributed by atoms with Gasteiger partial charge in [-0.2, -0.15) is 0 Å². The van der Waals surface area contributed by atoms with E-state index in [2.05, 4.69) is 21.2 Å². The van der Waals surface area contributed by atoms with E-state index in [0.717, 1.165) is 22.2 Å². The molecule has 0 aliphatic rings. The van der Waals surface area contributed by atoms with Crippen molar-refractivity contribution < 1.29 is 14.3 Å². The van der Waals surface area contributed by atoms with Crippen LogP contribution in [0.2, 0.25) is 0 Å². The van der Waals surface area contributed by atoms with Crippen molar-refractivity contribution in [2.45, 2.75) is 19.8 Å². The number of benzene rings is 2. The van der Waals surface area contributed by atoms with Crippen LogP contribution in [0.3, 0.4) is 0 Å². The van der Waals surface area contributed by atoms with E-state index in [1.807, 2.05) is 42.5 Å². The van der Waals surface area contributed by atoms with Crippen molar-refractivity contribution in [2.75, 3.05) is 18.5 Å². The first-order valence-electron chi connectivity index (χ1n) is 9.06. The van der Waals surface area contributed by atoms with Crippen LogP contribution in [0, 0.1) is 12.3 Å². The van der Waals surface area contributed by atoms with E-state index in [0.29, 0.717) is 37.6 Å². The zero-order valence-corrected chi connectivity index (χ0v) is 15.6. The van der Waals surface area contributed by atoms with Crippen LogP contribution in [-0.2, 0) is 9.53 Å². The zero-order chi connectivity index (χ0) is 19.8. The molecule has 3 rings (SSSR count). The molecule has 3 aromatic rings. The SMILES string of the molecule is C#Cc1cccc(Nc2ncnc3ccc(OCCCC(=O)OCC)cc23)c1. The third kappa shape index (κ3) is 4.98. The molecule has 1 N–H and O–H groups in total. The van der Waals surface area contributed by atoms with Gasteiger partial charge in [-0.15, -0.1) is 6.42 Å². The van der Waals surface area contributed by atoms with Gasteiger partial charge in [0.1, 0.15) is 17.9 Å². The van der Waals surface area contributed by atoms with Crippen LogP contribution in [-0.4, -0.2) is 29.2 Å². The van der Waals surface area contributed by atoms with Gasteiger partial charge in [-0.3, -0.25) is 4.79 Å². The Kier molecular flexibility index (Phi) is 6.42. The van der Waals surface area contributed by atoms with E-state index in [1.54, 1.807) is 6.92 Å². The molecular formula is C22H21N3O3. The second-order valence-electron chi connectivity index (χ2n) is 6.01. The van der Waals surface area contributed by atoms with Crippen molar-refractivity contribution in [3.8, 4) is 18.1 Å². The fourth-order valence-corrected chi connectivity index (χ4v) is 2.69. The van der Waals surface area contributed by atoms with Crippen LogP contribution in [0.4, 0.5) is 11.5 Å². The van der Waals surface area contributed by atoms with Crippen LogP contribution in [0.5, 0.6) is 5.75 Å². The molecule has 2 aromatic carbocycles. The first-order chi connectivity index (χ1) is 13.7. The van der Waals surface area contributed by atoms with Crippen LogP contribution < -0.4 is 10.1 Å². The predicted molar refractivity (Wildman–Crippen MR) is 109 cm³/mol. The lowest BCUT2D eigenvalue weighted by Crippen LogP contribution is -2.06. The minimum absolute atomic E-state index is 0.210. The molecule has 0 saturated carbocycles. The molecule has 0 fully saturated rings. The Morgan fingerprint density at radius 1 is 1.21 bits per heavy atom. The van der Waals surface area contributed by atoms with Crippen molar-refractivity contribution in [3.05, 3.63) is 54.4 Å². The first-order valence-corrected chi connectivity index (χ1v) is 9.06. The number of anilines is 2. The summed E-state index contributed by atoms with van der Waals surface area (Å²) in [6.07, 6.45) is 7.90. The summed E-state index contributed by atoms with van der Waals surface area (Å²) in [7, 11) is 0. The molecule has 142 valence electrons. The Morgan fingerprint density at radius 3 is 2.93 bits per heavy atom. The van der Waals surface area contributed by atoms with Crippen molar-refractivity contribution in [1.82, 2.24) is 9.97 Å². The van der Waals surface area contributed by atoms with E-state index in [9.17, 15) is 4.79 Å². The van der Waals surface area contributed by atoms with Crippen LogP contribution in [0.25, 0.3) is 10.9 Å². The molecule has 0 aliphatic heterocycles. The fraction of sp³-hybridized carbons (Fsp3) is 0.227. The lowest BCUT2D eigenvalue weighted by Gasteiger charge is -2.11. The lowest BCUT2D eigenvalue weighted by atomic mass is 10.2. The standard InChI is InChI=1S/C22H21N3O3/c1-3-16-7-5-8-17(13-16)25-22-19-14-18(10-11-20(19)23-15-24-22)28-12-6-9-21(26)27-4-2/h1,5,7-8,10-11,13-15H,4,6,9,12H2,2H3,(H,23,24,25). The highest BCUT2D eigenvalue weighted by Crippen LogP contribution is 2.27. The number of nitrogens with one attached hydrogen (secondary N) is 1. The Labute approximate surface area is 163 Å². The number of terminal acetylenes is 1. The molecule has 0 amide bonds. The number of fused-ring (bicyclic) bond motifs is 1. The molecule has 1 heterocycles. The quantitative estimate of drug-likeness (QED) is 0.363. The Bertz CT molecular complexity index is 1010. The number of ether oxygens (including phenoxy) is 2. The second kappa shape index (κ2) is 9.38. The normalized spacial score (nSPS) is 10.3. The molecular weight excluding hydrogens is 354 g/mol. The number of rotatable bonds is 8. The van der Waals surface area contributed by atoms with Gasteiger partial charge in [0.05, 0.1) is 18.7 Å². The predicted octanol–water partition coefficient (Wildman–Crippen LogP) is 4.08. The van der Waals surface area contributed by atoms with Crippen molar-refractivity contribution in [2.24, 2.45) is 0 Å². The topological polar surface area (TPSA) is 73.3 Å². The van der Waals surface area contributed by atoms with Crippen LogP contribution in [0.1, 0.15) is 25.3 Å². The minimum Gasteiger partial charge on any atom is -0.494 e. The molecule has 6 heteroatoms. The van der Waals surface area contributed by atoms with Gasteiger partial charge in [0, 0.05) is 23.1 Å². The summed E-state index contributed by atoms with van der Waals surface area (Å²) in [5.74, 6) is 3.76. The summed E-state index contributed by atoms with van der Waals surface area (Å²) >= 11 is 0. The van der Waals surface area contributed by atoms with E-state index in [4.69, 9.17) is 15.9 Å². The van der Waals surface area contributed by atoms with Crippen molar-refractivity contribution in [3.63, 3.8) is 0 Å². The average molecular weight is 375 g/mol. The molecule has 28 heavy (non-hydrogen) atoms. The average Bonchev–Trinajstić information content (AvgIpc) is 2.72. The fourth-order valence-electron chi connectivity index (χ4n) is 2.69. The molecule has 0 radical (unpaired) electrons. The van der Waals surface area contributed by atoms with Gasteiger partial charge in [-0.05, 0) is 49.7 Å². The second-order valence-corrected chi connectivity index (χ2v) is 6.01. The number of esters is 1. The molecule has 0 atom stereocenters. The van der Waals surface area contributed by atoms with Gasteiger partial charge >= 0.3 is 5.97 Å². The molecule has 0 aliphatic carbocycles. The van der Waals surface area contributed by atoms with E-state index in [-0.39, 0.29) is 5.97 Å². The van der Waals surface area contributed by atoms with Gasteiger partial charge in [0.15, 0.2) is 0 Å². The third-order valence-electron chi connectivity index (χ3n) is 4.00. The summed E-state index contributed by atoms with van der Waals surface area (Å²) in [6.45, 7) is 2.61. The number of hydrogen-bond acceptors (Lipinski definition) is 6. The number of nitrogens with zero attached hydrogens (tertiary/aromatic N) is 2. The van der Waals surface area contributed by atoms with Gasteiger partial charge in [0.2, 0.25) is 0 Å². The van der Waals surface area contributed by atoms with Crippen molar-refractivity contribution in [1.29, 1.82) is 0 Å². The number of carbonyl (C=O) groups excluding carboxylic acids is 1. The molecule has 0 bridgehead atoms. The Morgan fingerprint density at radius 2 is 2.11 bits per heavy atom. The van der Waals surface area contributed by atoms with Gasteiger partial charge < -0.3 is 14.8 Å². The van der Waals surface area contributed by atoms with Crippen LogP contribution >= 0.6 is 0 Å². The number of hydrogen-bond donors (Lipinski definition) is 1. The summed E-state index contributed by atoms with van der Waals surface area (Å²) in [6, 6.07) is 13.2. The number of carbonyl (C=O) groups is 1. The molecule has 0 unspecified atom stereocenters. The van der Waals surface area contributed by atoms with Gasteiger partial charge in [0.25, 0.3) is 0 Å². The maximum atomic E-state index is 11.4. The zero-order valence-electron chi connectivity index (χ0n) is 15.6. The molecule has 6 nitrogen and oxygen atoms in total. The summed E-state index contributed by atoms with van der Waals surface area (Å²) in [5.41, 5.74) is 2.43. The van der Waals surface area contributed by atoms with Gasteiger partial charge in [-0.1, -0.05) is 12.0 Å². The lowest BCUT2D eigenvalue weighted by molar-refractivity contribution is -0.143. The highest BCUT2D eigenvalue weighted by Gasteiger charge is 2.07. The molecule has 1 aromatic heterocycles. The maximum Gasteiger partial charge on any atom is 0.305 e. The highest BCUT2D eigenvalue weighted by molar-refractivity contribution is 5.91. The van der Waals surface area contributed by atoms with Crippen molar-refractivity contribution >= 4 is 28.4 Å². The summed E-state index contributed by atoms with van der Waals surface area (Å²) < 4.78 is 10.7. The third-order valence-corrected chi connectivity index (χ3v) is 4.00. The first kappa shape index (κ1) is 19.2. The Balaban J connectivity index is 1.72. The van der Waals surface area contributed by atoms with Gasteiger partial charge in [-0.25, -0.2) is 9.97 Å². The monoisotopic (exact) mass is 375 g/mol. The van der Waals surface area contributed by atoms with Crippen LogP contribution in [0.15, 0.2) is 48.8 Å². The maximum absolute atomic E-state index is 11.4. The molecule has 0 saturated heterocycles. The Hall–Kier alpha value is -3.59. The summed E-state index contributed by atoms with van der Waals surface area (Å²) in [4.78, 5) is 20.0. The minimum atomic E-state index is -0.210. The summed E-state index contributed by atoms with van der Waals surface area (Å²) in [5, 5.41) is 4.11. The number of aromatic nitrogens is 2. The van der Waals surface area contributed by atoms with E-state index >= 15 is 0 Å². The highest BCUT2D eigenvalue weighted by atomic mass is 16.5. The smallest absolute Gasteiger partial charge is 0.305 e. The van der Waals surface area contributed by atoms with E-state index in [1.165, 1.54) is 6.33 Å². The molecule has 0 spiro atoms. The van der Waals surface area contributed by atoms with E-state index < -0.39 is 0 Å².